The largest absolute Gasteiger partial charge is 0.489 e. The standard InChI is InChI=1S/C31H23Cl3N2O6/c32-23-2-1-3-24(33)26(23)27-21(28(42-35-27)15-4-5-15)14-41-18-7-9-22(25(34)11-18)31(39)12-17(13-31)16-6-8-19-20(10-16)30(38)36(40)29(19)37/h1-3,6-11,15,17,39-40H,4-5,12-14H2. The Bertz CT molecular complexity index is 1760. The Kier molecular flexibility index (Phi) is 6.60. The van der Waals surface area contributed by atoms with Crippen LogP contribution in [0.5, 0.6) is 5.75 Å². The Labute approximate surface area is 255 Å². The fourth-order valence-corrected chi connectivity index (χ4v) is 6.80. The van der Waals surface area contributed by atoms with Crippen LogP contribution in [0.1, 0.15) is 80.7 Å². The first-order valence-electron chi connectivity index (χ1n) is 13.4. The molecule has 7 rings (SSSR count). The van der Waals surface area contributed by atoms with E-state index in [1.54, 1.807) is 48.5 Å². The zero-order chi connectivity index (χ0) is 29.3. The SMILES string of the molecule is O=C1c2ccc(C3CC(O)(c4ccc(OCc5c(-c6c(Cl)cccc6Cl)noc5C5CC5)cc4Cl)C3)cc2C(=O)N1O. The van der Waals surface area contributed by atoms with Gasteiger partial charge in [-0.15, -0.1) is 5.06 Å². The lowest BCUT2D eigenvalue weighted by molar-refractivity contribution is -0.0549. The van der Waals surface area contributed by atoms with Crippen LogP contribution in [0.4, 0.5) is 0 Å². The van der Waals surface area contributed by atoms with Crippen LogP contribution in [0.3, 0.4) is 0 Å². The van der Waals surface area contributed by atoms with Crippen LogP contribution in [0.15, 0.2) is 59.1 Å². The molecule has 2 saturated carbocycles. The van der Waals surface area contributed by atoms with Gasteiger partial charge in [0.25, 0.3) is 11.8 Å². The second kappa shape index (κ2) is 10.1. The third-order valence-corrected chi connectivity index (χ3v) is 9.26. The van der Waals surface area contributed by atoms with Crippen molar-refractivity contribution in [2.45, 2.75) is 49.7 Å². The van der Waals surface area contributed by atoms with Crippen molar-refractivity contribution in [1.29, 1.82) is 0 Å². The third kappa shape index (κ3) is 4.49. The summed E-state index contributed by atoms with van der Waals surface area (Å²) in [7, 11) is 0. The van der Waals surface area contributed by atoms with Crippen LogP contribution in [-0.2, 0) is 12.2 Å². The number of benzene rings is 3. The summed E-state index contributed by atoms with van der Waals surface area (Å²) in [6.07, 6.45) is 2.78. The number of carbonyl (C=O) groups is 2. The second-order valence-electron chi connectivity index (χ2n) is 11.0. The summed E-state index contributed by atoms with van der Waals surface area (Å²) in [5.74, 6) is 0.0257. The van der Waals surface area contributed by atoms with E-state index >= 15 is 0 Å². The molecule has 42 heavy (non-hydrogen) atoms. The average molecular weight is 626 g/mol. The van der Waals surface area contributed by atoms with Gasteiger partial charge < -0.3 is 14.4 Å². The normalized spacial score (nSPS) is 21.5. The Morgan fingerprint density at radius 1 is 0.929 bits per heavy atom. The molecule has 2 amide bonds. The Morgan fingerprint density at radius 2 is 1.64 bits per heavy atom. The van der Waals surface area contributed by atoms with Crippen LogP contribution >= 0.6 is 34.8 Å². The number of hydrogen-bond acceptors (Lipinski definition) is 7. The maximum atomic E-state index is 12.2. The van der Waals surface area contributed by atoms with Gasteiger partial charge in [0, 0.05) is 17.0 Å². The number of aromatic nitrogens is 1. The number of hydrogen-bond donors (Lipinski definition) is 2. The molecule has 2 heterocycles. The molecule has 8 nitrogen and oxygen atoms in total. The van der Waals surface area contributed by atoms with Crippen molar-refractivity contribution in [3.63, 3.8) is 0 Å². The maximum Gasteiger partial charge on any atom is 0.285 e. The molecular weight excluding hydrogens is 603 g/mol. The zero-order valence-corrected chi connectivity index (χ0v) is 24.2. The van der Waals surface area contributed by atoms with Crippen LogP contribution < -0.4 is 4.74 Å². The summed E-state index contributed by atoms with van der Waals surface area (Å²) < 4.78 is 11.8. The molecule has 0 atom stereocenters. The van der Waals surface area contributed by atoms with Crippen molar-refractivity contribution in [2.24, 2.45) is 0 Å². The number of halogens is 3. The van der Waals surface area contributed by atoms with E-state index in [2.05, 4.69) is 5.16 Å². The van der Waals surface area contributed by atoms with Gasteiger partial charge in [0.05, 0.1) is 37.4 Å². The quantitative estimate of drug-likeness (QED) is 0.161. The highest BCUT2D eigenvalue weighted by Gasteiger charge is 2.46. The molecular formula is C31H23Cl3N2O6. The fourth-order valence-electron chi connectivity index (χ4n) is 5.88. The first-order chi connectivity index (χ1) is 20.1. The van der Waals surface area contributed by atoms with Gasteiger partial charge in [-0.05, 0) is 73.6 Å². The van der Waals surface area contributed by atoms with Crippen molar-refractivity contribution in [2.75, 3.05) is 0 Å². The van der Waals surface area contributed by atoms with Crippen LogP contribution in [0, 0.1) is 0 Å². The number of amides is 2. The predicted octanol–water partition coefficient (Wildman–Crippen LogP) is 7.51. The molecule has 4 aromatic rings. The van der Waals surface area contributed by atoms with Crippen LogP contribution in [-0.4, -0.2) is 32.3 Å². The molecule has 11 heteroatoms. The first kappa shape index (κ1) is 27.4. The molecule has 2 fully saturated rings. The molecule has 3 aromatic carbocycles. The minimum atomic E-state index is -1.16. The number of carbonyl (C=O) groups excluding carboxylic acids is 2. The van der Waals surface area contributed by atoms with Crippen molar-refractivity contribution < 1.29 is 29.2 Å². The minimum Gasteiger partial charge on any atom is -0.489 e. The molecule has 0 spiro atoms. The molecule has 0 unspecified atom stereocenters. The van der Waals surface area contributed by atoms with E-state index in [0.717, 1.165) is 29.7 Å². The summed E-state index contributed by atoms with van der Waals surface area (Å²) in [6, 6.07) is 15.3. The van der Waals surface area contributed by atoms with E-state index in [-0.39, 0.29) is 34.6 Å². The Morgan fingerprint density at radius 3 is 2.33 bits per heavy atom. The van der Waals surface area contributed by atoms with Crippen molar-refractivity contribution in [1.82, 2.24) is 10.2 Å². The van der Waals surface area contributed by atoms with Crippen molar-refractivity contribution in [3.8, 4) is 17.0 Å². The average Bonchev–Trinajstić information content (AvgIpc) is 3.68. The molecule has 1 aromatic heterocycles. The number of nitrogens with zero attached hydrogens (tertiary/aromatic N) is 2. The van der Waals surface area contributed by atoms with Gasteiger partial charge in [-0.2, -0.15) is 0 Å². The fraction of sp³-hybridized carbons (Fsp3) is 0.258. The van der Waals surface area contributed by atoms with Gasteiger partial charge in [-0.1, -0.05) is 58.2 Å². The molecule has 1 aliphatic heterocycles. The van der Waals surface area contributed by atoms with Gasteiger partial charge in [0.15, 0.2) is 0 Å². The highest BCUT2D eigenvalue weighted by Crippen LogP contribution is 2.53. The molecule has 0 radical (unpaired) electrons. The smallest absolute Gasteiger partial charge is 0.285 e. The third-order valence-electron chi connectivity index (χ3n) is 8.32. The second-order valence-corrected chi connectivity index (χ2v) is 12.3. The van der Waals surface area contributed by atoms with E-state index in [9.17, 15) is 19.9 Å². The number of rotatable bonds is 7. The van der Waals surface area contributed by atoms with Gasteiger partial charge in [-0.25, -0.2) is 0 Å². The first-order valence-corrected chi connectivity index (χ1v) is 14.6. The number of ether oxygens (including phenoxy) is 1. The summed E-state index contributed by atoms with van der Waals surface area (Å²) in [4.78, 5) is 24.1. The van der Waals surface area contributed by atoms with Crippen molar-refractivity contribution >= 4 is 46.6 Å². The topological polar surface area (TPSA) is 113 Å². The molecule has 2 aliphatic carbocycles. The van der Waals surface area contributed by atoms with E-state index < -0.39 is 17.4 Å². The predicted molar refractivity (Wildman–Crippen MR) is 154 cm³/mol. The van der Waals surface area contributed by atoms with E-state index in [1.807, 2.05) is 0 Å². The van der Waals surface area contributed by atoms with E-state index in [0.29, 0.717) is 50.5 Å². The highest BCUT2D eigenvalue weighted by atomic mass is 35.5. The number of hydroxylamine groups is 2. The lowest BCUT2D eigenvalue weighted by Gasteiger charge is -2.44. The molecule has 0 saturated heterocycles. The number of fused-ring (bicyclic) bond motifs is 1. The van der Waals surface area contributed by atoms with Crippen LogP contribution in [0.25, 0.3) is 11.3 Å². The van der Waals surface area contributed by atoms with Crippen LogP contribution in [0.2, 0.25) is 15.1 Å². The minimum absolute atomic E-state index is 0.0487. The lowest BCUT2D eigenvalue weighted by atomic mass is 9.65. The summed E-state index contributed by atoms with van der Waals surface area (Å²) >= 11 is 19.6. The van der Waals surface area contributed by atoms with Gasteiger partial charge >= 0.3 is 0 Å². The Balaban J connectivity index is 1.08. The number of imide groups is 1. The monoisotopic (exact) mass is 624 g/mol. The molecule has 214 valence electrons. The highest BCUT2D eigenvalue weighted by molar-refractivity contribution is 6.39. The Hall–Kier alpha value is -3.40. The van der Waals surface area contributed by atoms with Gasteiger partial charge in [0.2, 0.25) is 0 Å². The van der Waals surface area contributed by atoms with Gasteiger partial charge in [-0.3, -0.25) is 14.8 Å². The van der Waals surface area contributed by atoms with E-state index in [1.165, 1.54) is 6.07 Å². The van der Waals surface area contributed by atoms with Crippen molar-refractivity contribution in [3.05, 3.63) is 103 Å². The molecule has 0 bridgehead atoms. The number of aliphatic hydroxyl groups is 1. The zero-order valence-electron chi connectivity index (χ0n) is 21.9. The molecule has 2 N–H and O–H groups in total. The lowest BCUT2D eigenvalue weighted by Crippen LogP contribution is -2.40. The molecule has 3 aliphatic rings. The summed E-state index contributed by atoms with van der Waals surface area (Å²) in [5, 5.41) is 26.7. The maximum absolute atomic E-state index is 12.2. The van der Waals surface area contributed by atoms with Gasteiger partial charge in [0.1, 0.15) is 23.8 Å². The summed E-state index contributed by atoms with van der Waals surface area (Å²) in [5.41, 5.74) is 2.47. The summed E-state index contributed by atoms with van der Waals surface area (Å²) in [6.45, 7) is 0.166. The van der Waals surface area contributed by atoms with E-state index in [4.69, 9.17) is 44.1 Å².